The molecule has 9 heteroatoms. The summed E-state index contributed by atoms with van der Waals surface area (Å²) in [6.45, 7) is 0.550. The van der Waals surface area contributed by atoms with Crippen LogP contribution in [-0.4, -0.2) is 46.1 Å². The van der Waals surface area contributed by atoms with E-state index in [4.69, 9.17) is 4.74 Å². The van der Waals surface area contributed by atoms with Crippen molar-refractivity contribution in [2.75, 3.05) is 25.6 Å². The summed E-state index contributed by atoms with van der Waals surface area (Å²) >= 11 is 0. The number of rotatable bonds is 6. The summed E-state index contributed by atoms with van der Waals surface area (Å²) in [4.78, 5) is 3.99. The number of methoxy groups -OCH3 is 1. The monoisotopic (exact) mass is 304 g/mol. The minimum Gasteiger partial charge on any atom is -0.391 e. The molecule has 2 rings (SSSR count). The average molecular weight is 304 g/mol. The normalized spacial score (nSPS) is 13.6. The van der Waals surface area contributed by atoms with Crippen molar-refractivity contribution in [2.24, 2.45) is 0 Å². The van der Waals surface area contributed by atoms with Crippen LogP contribution in [0.3, 0.4) is 0 Å². The molecule has 1 unspecified atom stereocenters. The van der Waals surface area contributed by atoms with Gasteiger partial charge in [-0.3, -0.25) is 0 Å². The number of nitrogens with one attached hydrogen (secondary N) is 1. The van der Waals surface area contributed by atoms with Crippen LogP contribution in [0, 0.1) is 0 Å². The fourth-order valence-electron chi connectivity index (χ4n) is 1.83. The Hall–Kier alpha value is -1.87. The molecule has 21 heavy (non-hydrogen) atoms. The summed E-state index contributed by atoms with van der Waals surface area (Å²) in [7, 11) is 1.48. The number of hydrogen-bond donors (Lipinski definition) is 2. The van der Waals surface area contributed by atoms with E-state index in [2.05, 4.69) is 15.4 Å². The first kappa shape index (κ1) is 15.5. The highest BCUT2D eigenvalue weighted by Gasteiger charge is 2.34. The Balaban J connectivity index is 2.11. The van der Waals surface area contributed by atoms with Crippen LogP contribution in [-0.2, 0) is 10.9 Å². The van der Waals surface area contributed by atoms with Crippen molar-refractivity contribution in [2.45, 2.75) is 18.7 Å². The average Bonchev–Trinajstić information content (AvgIpc) is 2.84. The van der Waals surface area contributed by atoms with E-state index in [-0.39, 0.29) is 17.9 Å². The first-order valence-corrected chi connectivity index (χ1v) is 6.24. The quantitative estimate of drug-likeness (QED) is 0.847. The number of aliphatic hydroxyl groups is 1. The third kappa shape index (κ3) is 3.82. The highest BCUT2D eigenvalue weighted by Crippen LogP contribution is 2.29. The van der Waals surface area contributed by atoms with Crippen LogP contribution >= 0.6 is 0 Å². The van der Waals surface area contributed by atoms with Crippen molar-refractivity contribution in [3.8, 4) is 0 Å². The molecule has 0 aliphatic rings. The highest BCUT2D eigenvalue weighted by atomic mass is 19.4. The molecule has 2 aromatic rings. The van der Waals surface area contributed by atoms with Crippen LogP contribution in [0.2, 0.25) is 0 Å². The molecule has 2 heterocycles. The van der Waals surface area contributed by atoms with Crippen LogP contribution in [0.4, 0.5) is 19.0 Å². The molecule has 2 N–H and O–H groups in total. The Morgan fingerprint density at radius 3 is 2.90 bits per heavy atom. The van der Waals surface area contributed by atoms with Gasteiger partial charge in [-0.1, -0.05) is 0 Å². The van der Waals surface area contributed by atoms with Gasteiger partial charge >= 0.3 is 6.18 Å². The third-order valence-corrected chi connectivity index (χ3v) is 2.81. The molecule has 116 valence electrons. The summed E-state index contributed by atoms with van der Waals surface area (Å²) in [5, 5.41) is 15.8. The van der Waals surface area contributed by atoms with Gasteiger partial charge in [0.05, 0.1) is 12.7 Å². The number of alkyl halides is 3. The minimum atomic E-state index is -4.50. The summed E-state index contributed by atoms with van der Waals surface area (Å²) in [6, 6.07) is 0.931. The van der Waals surface area contributed by atoms with Crippen LogP contribution < -0.4 is 5.32 Å². The molecule has 0 amide bonds. The number of anilines is 1. The fourth-order valence-corrected chi connectivity index (χ4v) is 1.83. The second-order valence-corrected chi connectivity index (χ2v) is 4.46. The zero-order valence-electron chi connectivity index (χ0n) is 11.3. The van der Waals surface area contributed by atoms with E-state index in [0.717, 1.165) is 10.6 Å². The molecule has 0 bridgehead atoms. The maximum absolute atomic E-state index is 12.6. The summed E-state index contributed by atoms with van der Waals surface area (Å²) in [6.07, 6.45) is -2.06. The van der Waals surface area contributed by atoms with Gasteiger partial charge in [0, 0.05) is 32.1 Å². The summed E-state index contributed by atoms with van der Waals surface area (Å²) < 4.78 is 43.8. The van der Waals surface area contributed by atoms with Crippen molar-refractivity contribution in [1.29, 1.82) is 0 Å². The Labute approximate surface area is 118 Å². The van der Waals surface area contributed by atoms with Gasteiger partial charge < -0.3 is 15.2 Å². The molecular weight excluding hydrogens is 289 g/mol. The van der Waals surface area contributed by atoms with Gasteiger partial charge in [0.25, 0.3) is 0 Å². The molecule has 1 atom stereocenters. The van der Waals surface area contributed by atoms with Crippen LogP contribution in [0.15, 0.2) is 18.5 Å². The number of nitrogens with zero attached hydrogens (tertiary/aromatic N) is 3. The lowest BCUT2D eigenvalue weighted by Crippen LogP contribution is -2.18. The van der Waals surface area contributed by atoms with Gasteiger partial charge in [-0.15, -0.1) is 0 Å². The predicted molar refractivity (Wildman–Crippen MR) is 69.0 cm³/mol. The van der Waals surface area contributed by atoms with Crippen molar-refractivity contribution >= 4 is 11.3 Å². The maximum Gasteiger partial charge on any atom is 0.435 e. The highest BCUT2D eigenvalue weighted by molar-refractivity contribution is 5.67. The topological polar surface area (TPSA) is 71.7 Å². The minimum absolute atomic E-state index is 0.199. The lowest BCUT2D eigenvalue weighted by Gasteiger charge is -2.10. The fraction of sp³-hybridized carbons (Fsp3) is 0.500. The number of aromatic nitrogens is 3. The SMILES string of the molecule is COCC(O)CCNc1nccn2nc(C(F)(F)F)cc12. The van der Waals surface area contributed by atoms with Crippen molar-refractivity contribution in [1.82, 2.24) is 14.6 Å². The van der Waals surface area contributed by atoms with Crippen LogP contribution in [0.25, 0.3) is 5.52 Å². The molecule has 0 saturated heterocycles. The van der Waals surface area contributed by atoms with E-state index >= 15 is 0 Å². The second-order valence-electron chi connectivity index (χ2n) is 4.46. The lowest BCUT2D eigenvalue weighted by atomic mass is 10.2. The number of fused-ring (bicyclic) bond motifs is 1. The van der Waals surface area contributed by atoms with E-state index in [1.807, 2.05) is 0 Å². The standard InChI is InChI=1S/C12H15F3N4O2/c1-21-7-8(20)2-3-16-11-9-6-10(12(13,14)15)18-19(9)5-4-17-11/h4-6,8,20H,2-3,7H2,1H3,(H,16,17). The molecule has 2 aromatic heterocycles. The van der Waals surface area contributed by atoms with E-state index in [9.17, 15) is 18.3 Å². The molecule has 0 spiro atoms. The summed E-state index contributed by atoms with van der Waals surface area (Å²) in [5.74, 6) is 0.283. The Kier molecular flexibility index (Phi) is 4.63. The lowest BCUT2D eigenvalue weighted by molar-refractivity contribution is -0.141. The second kappa shape index (κ2) is 6.27. The molecule has 0 fully saturated rings. The van der Waals surface area contributed by atoms with Crippen LogP contribution in [0.1, 0.15) is 12.1 Å². The largest absolute Gasteiger partial charge is 0.435 e. The molecular formula is C12H15F3N4O2. The molecule has 0 aromatic carbocycles. The van der Waals surface area contributed by atoms with E-state index in [0.29, 0.717) is 13.0 Å². The first-order valence-electron chi connectivity index (χ1n) is 6.24. The smallest absolute Gasteiger partial charge is 0.391 e. The van der Waals surface area contributed by atoms with Crippen molar-refractivity contribution in [3.05, 3.63) is 24.2 Å². The van der Waals surface area contributed by atoms with Crippen molar-refractivity contribution in [3.63, 3.8) is 0 Å². The van der Waals surface area contributed by atoms with E-state index in [1.54, 1.807) is 0 Å². The molecule has 0 aliphatic carbocycles. The Bertz CT molecular complexity index is 600. The maximum atomic E-state index is 12.6. The number of hydrogen-bond acceptors (Lipinski definition) is 5. The van der Waals surface area contributed by atoms with Crippen LogP contribution in [0.5, 0.6) is 0 Å². The number of halogens is 3. The number of aliphatic hydroxyl groups excluding tert-OH is 1. The molecule has 0 radical (unpaired) electrons. The molecule has 6 nitrogen and oxygen atoms in total. The van der Waals surface area contributed by atoms with Gasteiger partial charge in [-0.25, -0.2) is 9.50 Å². The van der Waals surface area contributed by atoms with E-state index in [1.165, 1.54) is 19.5 Å². The molecule has 0 aliphatic heterocycles. The third-order valence-electron chi connectivity index (χ3n) is 2.81. The summed E-state index contributed by atoms with van der Waals surface area (Å²) in [5.41, 5.74) is -0.746. The zero-order valence-corrected chi connectivity index (χ0v) is 11.3. The predicted octanol–water partition coefficient (Wildman–Crippen LogP) is 1.56. The van der Waals surface area contributed by atoms with Gasteiger partial charge in [0.1, 0.15) is 5.52 Å². The number of ether oxygens (including phenoxy) is 1. The van der Waals surface area contributed by atoms with E-state index < -0.39 is 18.0 Å². The van der Waals surface area contributed by atoms with Crippen molar-refractivity contribution < 1.29 is 23.0 Å². The Morgan fingerprint density at radius 2 is 2.24 bits per heavy atom. The molecule has 0 saturated carbocycles. The van der Waals surface area contributed by atoms with Gasteiger partial charge in [-0.05, 0) is 6.42 Å². The van der Waals surface area contributed by atoms with Gasteiger partial charge in [-0.2, -0.15) is 18.3 Å². The van der Waals surface area contributed by atoms with Gasteiger partial charge in [0.2, 0.25) is 0 Å². The Morgan fingerprint density at radius 1 is 1.48 bits per heavy atom. The zero-order chi connectivity index (χ0) is 15.5. The van der Waals surface area contributed by atoms with Gasteiger partial charge in [0.15, 0.2) is 11.5 Å². The first-order chi connectivity index (χ1) is 9.91.